The predicted octanol–water partition coefficient (Wildman–Crippen LogP) is 4.05. The number of anilines is 1. The van der Waals surface area contributed by atoms with Crippen LogP contribution in [0, 0.1) is 0 Å². The third-order valence-corrected chi connectivity index (χ3v) is 3.97. The lowest BCUT2D eigenvalue weighted by Gasteiger charge is -2.07. The Morgan fingerprint density at radius 1 is 1.10 bits per heavy atom. The molecule has 0 unspecified atom stereocenters. The number of benzene rings is 2. The van der Waals surface area contributed by atoms with Gasteiger partial charge in [-0.15, -0.1) is 0 Å². The Morgan fingerprint density at radius 3 is 2.75 bits per heavy atom. The van der Waals surface area contributed by atoms with E-state index in [0.717, 1.165) is 29.1 Å². The van der Waals surface area contributed by atoms with Crippen molar-refractivity contribution in [1.29, 1.82) is 0 Å². The molecule has 1 saturated carbocycles. The topological polar surface area (TPSA) is 40.7 Å². The second-order valence-corrected chi connectivity index (χ2v) is 5.54. The van der Waals surface area contributed by atoms with E-state index in [1.54, 1.807) is 0 Å². The van der Waals surface area contributed by atoms with Crippen LogP contribution in [0.3, 0.4) is 0 Å². The Bertz CT molecular complexity index is 723. The second kappa shape index (κ2) is 4.67. The summed E-state index contributed by atoms with van der Waals surface area (Å²) in [5.41, 5.74) is 5.00. The summed E-state index contributed by atoms with van der Waals surface area (Å²) in [6.07, 6.45) is 4.57. The Hall–Kier alpha value is -2.29. The van der Waals surface area contributed by atoms with Gasteiger partial charge in [-0.2, -0.15) is 5.10 Å². The molecule has 3 nitrogen and oxygen atoms in total. The molecule has 1 fully saturated rings. The molecule has 0 bridgehead atoms. The summed E-state index contributed by atoms with van der Waals surface area (Å²) >= 11 is 0. The van der Waals surface area contributed by atoms with E-state index in [4.69, 9.17) is 0 Å². The molecule has 4 rings (SSSR count). The van der Waals surface area contributed by atoms with Crippen molar-refractivity contribution >= 4 is 16.6 Å². The van der Waals surface area contributed by atoms with E-state index in [2.05, 4.69) is 58.0 Å². The quantitative estimate of drug-likeness (QED) is 0.745. The summed E-state index contributed by atoms with van der Waals surface area (Å²) in [7, 11) is 0. The van der Waals surface area contributed by atoms with Gasteiger partial charge in [0.1, 0.15) is 0 Å². The van der Waals surface area contributed by atoms with Crippen LogP contribution in [-0.2, 0) is 6.54 Å². The number of nitrogens with zero attached hydrogens (tertiary/aromatic N) is 1. The Labute approximate surface area is 118 Å². The van der Waals surface area contributed by atoms with E-state index >= 15 is 0 Å². The summed E-state index contributed by atoms with van der Waals surface area (Å²) in [6, 6.07) is 15.3. The molecule has 100 valence electrons. The standard InChI is InChI=1S/C17H17N3/c1-3-13(14-5-6-14)4-2-12(1)10-18-16-8-7-15-11-19-20-17(15)9-16/h1-4,7-9,11,14,18H,5-6,10H2,(H,19,20). The van der Waals surface area contributed by atoms with E-state index in [1.165, 1.54) is 24.0 Å². The zero-order valence-corrected chi connectivity index (χ0v) is 11.3. The van der Waals surface area contributed by atoms with E-state index in [1.807, 2.05) is 6.20 Å². The lowest BCUT2D eigenvalue weighted by atomic mass is 10.1. The number of aromatic nitrogens is 2. The molecule has 1 aliphatic carbocycles. The molecule has 0 spiro atoms. The number of hydrogen-bond donors (Lipinski definition) is 2. The largest absolute Gasteiger partial charge is 0.381 e. The van der Waals surface area contributed by atoms with Gasteiger partial charge >= 0.3 is 0 Å². The van der Waals surface area contributed by atoms with Gasteiger partial charge in [-0.25, -0.2) is 0 Å². The molecule has 0 saturated heterocycles. The van der Waals surface area contributed by atoms with E-state index in [-0.39, 0.29) is 0 Å². The zero-order valence-electron chi connectivity index (χ0n) is 11.3. The summed E-state index contributed by atoms with van der Waals surface area (Å²) < 4.78 is 0. The Balaban J connectivity index is 1.45. The highest BCUT2D eigenvalue weighted by Gasteiger charge is 2.22. The molecule has 0 atom stereocenters. The third kappa shape index (κ3) is 2.27. The van der Waals surface area contributed by atoms with E-state index in [9.17, 15) is 0 Å². The van der Waals surface area contributed by atoms with Gasteiger partial charge < -0.3 is 5.32 Å². The van der Waals surface area contributed by atoms with Gasteiger partial charge in [0, 0.05) is 17.6 Å². The van der Waals surface area contributed by atoms with Crippen molar-refractivity contribution in [3.8, 4) is 0 Å². The molecule has 2 N–H and O–H groups in total. The lowest BCUT2D eigenvalue weighted by Crippen LogP contribution is -1.99. The third-order valence-electron chi connectivity index (χ3n) is 3.97. The fourth-order valence-electron chi connectivity index (χ4n) is 2.58. The van der Waals surface area contributed by atoms with Crippen molar-refractivity contribution in [1.82, 2.24) is 10.2 Å². The van der Waals surface area contributed by atoms with Gasteiger partial charge in [-0.05, 0) is 48.1 Å². The summed E-state index contributed by atoms with van der Waals surface area (Å²) in [4.78, 5) is 0. The number of hydrogen-bond acceptors (Lipinski definition) is 2. The first-order valence-electron chi connectivity index (χ1n) is 7.14. The van der Waals surface area contributed by atoms with Gasteiger partial charge in [0.2, 0.25) is 0 Å². The van der Waals surface area contributed by atoms with Gasteiger partial charge in [-0.3, -0.25) is 5.10 Å². The minimum absolute atomic E-state index is 0.833. The zero-order chi connectivity index (χ0) is 13.4. The van der Waals surface area contributed by atoms with Crippen LogP contribution in [0.5, 0.6) is 0 Å². The minimum Gasteiger partial charge on any atom is -0.381 e. The van der Waals surface area contributed by atoms with Crippen LogP contribution in [0.1, 0.15) is 29.9 Å². The summed E-state index contributed by atoms with van der Waals surface area (Å²) in [5.74, 6) is 0.833. The van der Waals surface area contributed by atoms with Crippen molar-refractivity contribution in [2.45, 2.75) is 25.3 Å². The lowest BCUT2D eigenvalue weighted by molar-refractivity contribution is 1.10. The van der Waals surface area contributed by atoms with E-state index in [0.29, 0.717) is 0 Å². The van der Waals surface area contributed by atoms with Crippen molar-refractivity contribution < 1.29 is 0 Å². The molecule has 20 heavy (non-hydrogen) atoms. The van der Waals surface area contributed by atoms with Gasteiger partial charge in [0.15, 0.2) is 0 Å². The van der Waals surface area contributed by atoms with Crippen LogP contribution >= 0.6 is 0 Å². The summed E-state index contributed by atoms with van der Waals surface area (Å²) in [6.45, 7) is 0.852. The molecule has 0 aliphatic heterocycles. The molecule has 0 radical (unpaired) electrons. The SMILES string of the molecule is c1cc(C2CC2)ccc1CNc1ccc2cn[nH]c2c1. The Morgan fingerprint density at radius 2 is 1.95 bits per heavy atom. The fraction of sp³-hybridized carbons (Fsp3) is 0.235. The van der Waals surface area contributed by atoms with Crippen molar-refractivity contribution in [2.75, 3.05) is 5.32 Å². The first-order valence-corrected chi connectivity index (χ1v) is 7.14. The smallest absolute Gasteiger partial charge is 0.0670 e. The number of H-pyrrole nitrogens is 1. The fourth-order valence-corrected chi connectivity index (χ4v) is 2.58. The van der Waals surface area contributed by atoms with E-state index < -0.39 is 0 Å². The number of rotatable bonds is 4. The maximum atomic E-state index is 4.04. The number of fused-ring (bicyclic) bond motifs is 1. The highest BCUT2D eigenvalue weighted by atomic mass is 15.1. The minimum atomic E-state index is 0.833. The van der Waals surface area contributed by atoms with Crippen LogP contribution < -0.4 is 5.32 Å². The number of aromatic amines is 1. The molecular weight excluding hydrogens is 246 g/mol. The van der Waals surface area contributed by atoms with Crippen molar-refractivity contribution in [2.24, 2.45) is 0 Å². The first kappa shape index (κ1) is 11.5. The molecule has 3 aromatic rings. The molecular formula is C17H17N3. The second-order valence-electron chi connectivity index (χ2n) is 5.54. The summed E-state index contributed by atoms with van der Waals surface area (Å²) in [5, 5.41) is 11.6. The average molecular weight is 263 g/mol. The Kier molecular flexibility index (Phi) is 2.69. The van der Waals surface area contributed by atoms with Gasteiger partial charge in [-0.1, -0.05) is 24.3 Å². The molecule has 1 heterocycles. The van der Waals surface area contributed by atoms with Crippen LogP contribution in [0.2, 0.25) is 0 Å². The maximum Gasteiger partial charge on any atom is 0.0670 e. The monoisotopic (exact) mass is 263 g/mol. The average Bonchev–Trinajstić information content (AvgIpc) is 3.23. The molecule has 3 heteroatoms. The van der Waals surface area contributed by atoms with Crippen LogP contribution in [0.4, 0.5) is 5.69 Å². The van der Waals surface area contributed by atoms with Crippen molar-refractivity contribution in [3.05, 3.63) is 59.8 Å². The van der Waals surface area contributed by atoms with Crippen LogP contribution in [0.25, 0.3) is 10.9 Å². The molecule has 0 amide bonds. The maximum absolute atomic E-state index is 4.04. The van der Waals surface area contributed by atoms with Crippen LogP contribution in [-0.4, -0.2) is 10.2 Å². The first-order chi connectivity index (χ1) is 9.88. The predicted molar refractivity (Wildman–Crippen MR) is 81.8 cm³/mol. The molecule has 1 aromatic heterocycles. The number of nitrogens with one attached hydrogen (secondary N) is 2. The highest BCUT2D eigenvalue weighted by molar-refractivity contribution is 5.81. The normalized spacial score (nSPS) is 14.6. The highest BCUT2D eigenvalue weighted by Crippen LogP contribution is 2.39. The van der Waals surface area contributed by atoms with Crippen molar-refractivity contribution in [3.63, 3.8) is 0 Å². The van der Waals surface area contributed by atoms with Gasteiger partial charge in [0.25, 0.3) is 0 Å². The van der Waals surface area contributed by atoms with Crippen LogP contribution in [0.15, 0.2) is 48.7 Å². The van der Waals surface area contributed by atoms with Gasteiger partial charge in [0.05, 0.1) is 11.7 Å². The molecule has 2 aromatic carbocycles. The molecule has 1 aliphatic rings.